The number of nitro benzene ring substituents is 1. The molecule has 0 saturated heterocycles. The predicted molar refractivity (Wildman–Crippen MR) is 87.1 cm³/mol. The Balaban J connectivity index is 1.89. The van der Waals surface area contributed by atoms with Crippen molar-refractivity contribution in [3.05, 3.63) is 58.1 Å². The number of fused-ring (bicyclic) bond motifs is 1. The molecule has 120 valence electrons. The number of benzene rings is 2. The van der Waals surface area contributed by atoms with E-state index in [1.54, 1.807) is 12.1 Å². The molecule has 7 nitrogen and oxygen atoms in total. The number of anilines is 2. The molecule has 1 aliphatic heterocycles. The SMILES string of the molecule is C[C@@H]1Cc2cc(S(=O)(=O)Nc3cccc([N+](=O)[O-])c3)ccc2N1. The van der Waals surface area contributed by atoms with Crippen LogP contribution in [0.5, 0.6) is 0 Å². The first-order chi connectivity index (χ1) is 10.8. The monoisotopic (exact) mass is 333 g/mol. The molecule has 3 rings (SSSR count). The van der Waals surface area contributed by atoms with Gasteiger partial charge in [0, 0.05) is 23.9 Å². The summed E-state index contributed by atoms with van der Waals surface area (Å²) in [7, 11) is -3.80. The lowest BCUT2D eigenvalue weighted by molar-refractivity contribution is -0.384. The molecular weight excluding hydrogens is 318 g/mol. The van der Waals surface area contributed by atoms with E-state index in [2.05, 4.69) is 10.0 Å². The first-order valence-corrected chi connectivity index (χ1v) is 8.50. The third-order valence-electron chi connectivity index (χ3n) is 3.62. The Labute approximate surface area is 133 Å². The number of hydrogen-bond acceptors (Lipinski definition) is 5. The Kier molecular flexibility index (Phi) is 3.69. The van der Waals surface area contributed by atoms with Gasteiger partial charge in [-0.05, 0) is 43.2 Å². The Morgan fingerprint density at radius 1 is 1.26 bits per heavy atom. The van der Waals surface area contributed by atoms with Crippen molar-refractivity contribution >= 4 is 27.1 Å². The molecule has 0 fully saturated rings. The molecule has 8 heteroatoms. The lowest BCUT2D eigenvalue weighted by atomic mass is 10.1. The van der Waals surface area contributed by atoms with Crippen LogP contribution < -0.4 is 10.0 Å². The Morgan fingerprint density at radius 3 is 2.78 bits per heavy atom. The number of sulfonamides is 1. The lowest BCUT2D eigenvalue weighted by Crippen LogP contribution is -2.13. The molecule has 0 aliphatic carbocycles. The molecule has 1 aliphatic rings. The van der Waals surface area contributed by atoms with Crippen molar-refractivity contribution in [1.29, 1.82) is 0 Å². The number of rotatable bonds is 4. The lowest BCUT2D eigenvalue weighted by Gasteiger charge is -2.09. The first kappa shape index (κ1) is 15.3. The second kappa shape index (κ2) is 5.54. The number of nitrogens with zero attached hydrogens (tertiary/aromatic N) is 1. The summed E-state index contributed by atoms with van der Waals surface area (Å²) in [5.41, 5.74) is 1.87. The van der Waals surface area contributed by atoms with Crippen LogP contribution in [0.4, 0.5) is 17.1 Å². The van der Waals surface area contributed by atoms with Crippen LogP contribution in [0, 0.1) is 10.1 Å². The van der Waals surface area contributed by atoms with Gasteiger partial charge in [-0.25, -0.2) is 8.42 Å². The summed E-state index contributed by atoms with van der Waals surface area (Å²) in [5.74, 6) is 0. The Morgan fingerprint density at radius 2 is 2.04 bits per heavy atom. The van der Waals surface area contributed by atoms with Gasteiger partial charge in [0.05, 0.1) is 15.5 Å². The highest BCUT2D eigenvalue weighted by Crippen LogP contribution is 2.29. The molecule has 0 bridgehead atoms. The summed E-state index contributed by atoms with van der Waals surface area (Å²) in [5, 5.41) is 14.0. The number of hydrogen-bond donors (Lipinski definition) is 2. The van der Waals surface area contributed by atoms with Gasteiger partial charge in [-0.2, -0.15) is 0 Å². The summed E-state index contributed by atoms with van der Waals surface area (Å²) in [6.45, 7) is 2.02. The van der Waals surface area contributed by atoms with Crippen molar-refractivity contribution in [3.8, 4) is 0 Å². The maximum absolute atomic E-state index is 12.5. The summed E-state index contributed by atoms with van der Waals surface area (Å²) >= 11 is 0. The minimum Gasteiger partial charge on any atom is -0.382 e. The minimum atomic E-state index is -3.80. The highest BCUT2D eigenvalue weighted by atomic mass is 32.2. The van der Waals surface area contributed by atoms with Crippen LogP contribution in [0.2, 0.25) is 0 Å². The van der Waals surface area contributed by atoms with E-state index in [0.717, 1.165) is 17.7 Å². The van der Waals surface area contributed by atoms with E-state index in [4.69, 9.17) is 0 Å². The molecule has 1 heterocycles. The normalized spacial score (nSPS) is 16.5. The average molecular weight is 333 g/mol. The number of nitrogens with one attached hydrogen (secondary N) is 2. The van der Waals surface area contributed by atoms with Crippen molar-refractivity contribution in [2.75, 3.05) is 10.0 Å². The topological polar surface area (TPSA) is 101 Å². The molecule has 1 atom stereocenters. The summed E-state index contributed by atoms with van der Waals surface area (Å²) in [6, 6.07) is 10.6. The molecule has 23 heavy (non-hydrogen) atoms. The first-order valence-electron chi connectivity index (χ1n) is 7.02. The summed E-state index contributed by atoms with van der Waals surface area (Å²) in [6.07, 6.45) is 0.759. The van der Waals surface area contributed by atoms with Crippen molar-refractivity contribution in [1.82, 2.24) is 0 Å². The summed E-state index contributed by atoms with van der Waals surface area (Å²) < 4.78 is 27.3. The number of nitro groups is 1. The fraction of sp³-hybridized carbons (Fsp3) is 0.200. The van der Waals surface area contributed by atoms with Gasteiger partial charge in [-0.15, -0.1) is 0 Å². The van der Waals surface area contributed by atoms with Gasteiger partial charge in [0.2, 0.25) is 0 Å². The average Bonchev–Trinajstić information content (AvgIpc) is 2.86. The molecule has 0 radical (unpaired) electrons. The van der Waals surface area contributed by atoms with Crippen molar-refractivity contribution in [2.24, 2.45) is 0 Å². The largest absolute Gasteiger partial charge is 0.382 e. The highest BCUT2D eigenvalue weighted by molar-refractivity contribution is 7.92. The third-order valence-corrected chi connectivity index (χ3v) is 5.00. The Hall–Kier alpha value is -2.61. The zero-order chi connectivity index (χ0) is 16.6. The van der Waals surface area contributed by atoms with Crippen LogP contribution in [0.25, 0.3) is 0 Å². The van der Waals surface area contributed by atoms with E-state index in [-0.39, 0.29) is 22.3 Å². The van der Waals surface area contributed by atoms with E-state index in [9.17, 15) is 18.5 Å². The van der Waals surface area contributed by atoms with Crippen molar-refractivity contribution < 1.29 is 13.3 Å². The zero-order valence-electron chi connectivity index (χ0n) is 12.3. The van der Waals surface area contributed by atoms with Gasteiger partial charge in [0.1, 0.15) is 0 Å². The molecule has 0 amide bonds. The molecule has 2 N–H and O–H groups in total. The minimum absolute atomic E-state index is 0.138. The molecule has 2 aromatic carbocycles. The van der Waals surface area contributed by atoms with E-state index in [1.165, 1.54) is 30.3 Å². The number of non-ortho nitro benzene ring substituents is 1. The van der Waals surface area contributed by atoms with Gasteiger partial charge in [-0.1, -0.05) is 6.07 Å². The highest BCUT2D eigenvalue weighted by Gasteiger charge is 2.21. The molecular formula is C15H15N3O4S. The van der Waals surface area contributed by atoms with Gasteiger partial charge in [0.15, 0.2) is 0 Å². The maximum atomic E-state index is 12.5. The second-order valence-corrected chi connectivity index (χ2v) is 7.16. The molecule has 0 spiro atoms. The van der Waals surface area contributed by atoms with Crippen LogP contribution in [0.1, 0.15) is 12.5 Å². The standard InChI is InChI=1S/C15H15N3O4S/c1-10-7-11-8-14(5-6-15(11)16-10)23(21,22)17-12-3-2-4-13(9-12)18(19)20/h2-6,8-10,16-17H,7H2,1H3/t10-/m1/s1. The molecule has 2 aromatic rings. The van der Waals surface area contributed by atoms with Gasteiger partial charge >= 0.3 is 0 Å². The van der Waals surface area contributed by atoms with Crippen LogP contribution >= 0.6 is 0 Å². The van der Waals surface area contributed by atoms with E-state index >= 15 is 0 Å². The van der Waals surface area contributed by atoms with Crippen molar-refractivity contribution in [3.63, 3.8) is 0 Å². The van der Waals surface area contributed by atoms with Crippen LogP contribution in [0.15, 0.2) is 47.4 Å². The smallest absolute Gasteiger partial charge is 0.271 e. The van der Waals surface area contributed by atoms with Crippen LogP contribution in [0.3, 0.4) is 0 Å². The van der Waals surface area contributed by atoms with Gasteiger partial charge in [-0.3, -0.25) is 14.8 Å². The maximum Gasteiger partial charge on any atom is 0.271 e. The van der Waals surface area contributed by atoms with E-state index < -0.39 is 14.9 Å². The molecule has 0 saturated carbocycles. The van der Waals surface area contributed by atoms with Crippen LogP contribution in [-0.4, -0.2) is 19.4 Å². The fourth-order valence-corrected chi connectivity index (χ4v) is 3.69. The summed E-state index contributed by atoms with van der Waals surface area (Å²) in [4.78, 5) is 10.3. The van der Waals surface area contributed by atoms with E-state index in [0.29, 0.717) is 0 Å². The second-order valence-electron chi connectivity index (χ2n) is 5.48. The molecule has 0 unspecified atom stereocenters. The fourth-order valence-electron chi connectivity index (χ4n) is 2.59. The Bertz CT molecular complexity index is 880. The van der Waals surface area contributed by atoms with Crippen molar-refractivity contribution in [2.45, 2.75) is 24.3 Å². The zero-order valence-corrected chi connectivity index (χ0v) is 13.1. The van der Waals surface area contributed by atoms with Gasteiger partial charge < -0.3 is 5.32 Å². The predicted octanol–water partition coefficient (Wildman–Crippen LogP) is 2.75. The quantitative estimate of drug-likeness (QED) is 0.662. The van der Waals surface area contributed by atoms with Gasteiger partial charge in [0.25, 0.3) is 15.7 Å². The molecule has 0 aromatic heterocycles. The van der Waals surface area contributed by atoms with Crippen LogP contribution in [-0.2, 0) is 16.4 Å². The van der Waals surface area contributed by atoms with E-state index in [1.807, 2.05) is 6.92 Å². The third kappa shape index (κ3) is 3.11.